The average Bonchev–Trinajstić information content (AvgIpc) is 2.38. The molecule has 0 heterocycles. The van der Waals surface area contributed by atoms with Crippen LogP contribution in [0.5, 0.6) is 0 Å². The van der Waals surface area contributed by atoms with E-state index >= 15 is 0 Å². The van der Waals surface area contributed by atoms with E-state index in [-0.39, 0.29) is 11.9 Å². The Balaban J connectivity index is 3.11. The van der Waals surface area contributed by atoms with Crippen LogP contribution in [0.3, 0.4) is 0 Å². The fourth-order valence-electron chi connectivity index (χ4n) is 1.69. The van der Waals surface area contributed by atoms with E-state index in [9.17, 15) is 4.79 Å². The molecule has 0 aromatic heterocycles. The Bertz CT molecular complexity index is 244. The van der Waals surface area contributed by atoms with Gasteiger partial charge in [-0.1, -0.05) is 13.8 Å². The van der Waals surface area contributed by atoms with E-state index < -0.39 is 0 Å². The van der Waals surface area contributed by atoms with Gasteiger partial charge in [-0.3, -0.25) is 4.79 Å². The van der Waals surface area contributed by atoms with Crippen LogP contribution in [-0.4, -0.2) is 51.6 Å². The fraction of sp³-hybridized carbons (Fsp3) is 0.938. The zero-order valence-electron chi connectivity index (χ0n) is 14.2. The van der Waals surface area contributed by atoms with Gasteiger partial charge >= 0.3 is 0 Å². The molecular weight excluding hydrogens is 270 g/mol. The van der Waals surface area contributed by atoms with Crippen LogP contribution in [0.1, 0.15) is 47.0 Å². The predicted molar refractivity (Wildman–Crippen MR) is 84.4 cm³/mol. The summed E-state index contributed by atoms with van der Waals surface area (Å²) >= 11 is 0. The molecule has 0 fully saturated rings. The van der Waals surface area contributed by atoms with Gasteiger partial charge in [-0.2, -0.15) is 0 Å². The molecule has 0 saturated heterocycles. The van der Waals surface area contributed by atoms with Crippen molar-refractivity contribution in [1.82, 2.24) is 5.32 Å². The summed E-state index contributed by atoms with van der Waals surface area (Å²) in [5.41, 5.74) is 0. The van der Waals surface area contributed by atoms with Crippen LogP contribution in [-0.2, 0) is 19.0 Å². The minimum atomic E-state index is 0.0284. The molecule has 0 rings (SSSR count). The molecule has 0 saturated carbocycles. The Morgan fingerprint density at radius 2 is 1.38 bits per heavy atom. The second-order valence-corrected chi connectivity index (χ2v) is 5.85. The molecule has 0 aliphatic rings. The molecule has 0 spiro atoms. The normalized spacial score (nSPS) is 11.3. The number of hydrogen-bond donors (Lipinski definition) is 1. The van der Waals surface area contributed by atoms with Gasteiger partial charge < -0.3 is 19.5 Å². The fourth-order valence-corrected chi connectivity index (χ4v) is 1.69. The lowest BCUT2D eigenvalue weighted by atomic mass is 10.1. The first-order chi connectivity index (χ1) is 10.0. The Morgan fingerprint density at radius 3 is 1.90 bits per heavy atom. The van der Waals surface area contributed by atoms with Gasteiger partial charge in [0, 0.05) is 19.1 Å². The van der Waals surface area contributed by atoms with Crippen LogP contribution in [0, 0.1) is 5.92 Å². The largest absolute Gasteiger partial charge is 0.379 e. The molecule has 0 atom stereocenters. The first kappa shape index (κ1) is 20.3. The summed E-state index contributed by atoms with van der Waals surface area (Å²) in [5.74, 6) is 0.769. The summed E-state index contributed by atoms with van der Waals surface area (Å²) in [7, 11) is 0. The van der Waals surface area contributed by atoms with Crippen LogP contribution in [0.2, 0.25) is 0 Å². The molecule has 0 aliphatic heterocycles. The highest BCUT2D eigenvalue weighted by atomic mass is 16.5. The van der Waals surface area contributed by atoms with Crippen molar-refractivity contribution < 1.29 is 19.0 Å². The lowest BCUT2D eigenvalue weighted by Crippen LogP contribution is -2.30. The number of hydrogen-bond acceptors (Lipinski definition) is 4. The van der Waals surface area contributed by atoms with Crippen LogP contribution in [0.4, 0.5) is 0 Å². The number of rotatable bonds is 14. The maximum absolute atomic E-state index is 11.3. The Labute approximate surface area is 129 Å². The van der Waals surface area contributed by atoms with E-state index in [1.807, 2.05) is 13.8 Å². The average molecular weight is 303 g/mol. The SMILES string of the molecule is CC(C)CCCOCCOCCOCCC(=O)NC(C)C. The Morgan fingerprint density at radius 1 is 0.857 bits per heavy atom. The Kier molecular flexibility index (Phi) is 13.9. The van der Waals surface area contributed by atoms with Gasteiger partial charge in [0.2, 0.25) is 5.91 Å². The van der Waals surface area contributed by atoms with E-state index in [1.165, 1.54) is 6.42 Å². The maximum Gasteiger partial charge on any atom is 0.222 e. The van der Waals surface area contributed by atoms with Crippen LogP contribution in [0.15, 0.2) is 0 Å². The molecule has 1 N–H and O–H groups in total. The molecular formula is C16H33NO4. The van der Waals surface area contributed by atoms with Gasteiger partial charge in [0.1, 0.15) is 0 Å². The van der Waals surface area contributed by atoms with Crippen molar-refractivity contribution in [3.63, 3.8) is 0 Å². The molecule has 0 aromatic carbocycles. The molecule has 5 nitrogen and oxygen atoms in total. The van der Waals surface area contributed by atoms with Gasteiger partial charge in [0.15, 0.2) is 0 Å². The molecule has 0 bridgehead atoms. The third-order valence-electron chi connectivity index (χ3n) is 2.74. The standard InChI is InChI=1S/C16H33NO4/c1-14(2)6-5-8-19-10-12-21-13-11-20-9-7-16(18)17-15(3)4/h14-15H,5-13H2,1-4H3,(H,17,18). The molecule has 1 amide bonds. The van der Waals surface area contributed by atoms with Crippen molar-refractivity contribution >= 4 is 5.91 Å². The molecule has 0 aromatic rings. The van der Waals surface area contributed by atoms with Crippen LogP contribution < -0.4 is 5.32 Å². The van der Waals surface area contributed by atoms with Gasteiger partial charge in [-0.15, -0.1) is 0 Å². The van der Waals surface area contributed by atoms with E-state index in [2.05, 4.69) is 19.2 Å². The van der Waals surface area contributed by atoms with E-state index in [4.69, 9.17) is 14.2 Å². The van der Waals surface area contributed by atoms with Gasteiger partial charge in [-0.25, -0.2) is 0 Å². The van der Waals surface area contributed by atoms with E-state index in [0.717, 1.165) is 18.9 Å². The number of ether oxygens (including phenoxy) is 3. The molecule has 21 heavy (non-hydrogen) atoms. The number of carbonyl (C=O) groups excluding carboxylic acids is 1. The summed E-state index contributed by atoms with van der Waals surface area (Å²) in [6.07, 6.45) is 2.72. The van der Waals surface area contributed by atoms with E-state index in [0.29, 0.717) is 39.5 Å². The monoisotopic (exact) mass is 303 g/mol. The van der Waals surface area contributed by atoms with Gasteiger partial charge in [0.05, 0.1) is 33.0 Å². The topological polar surface area (TPSA) is 56.8 Å². The highest BCUT2D eigenvalue weighted by molar-refractivity contribution is 5.76. The second-order valence-electron chi connectivity index (χ2n) is 5.85. The summed E-state index contributed by atoms with van der Waals surface area (Å²) in [5, 5.41) is 2.82. The first-order valence-corrected chi connectivity index (χ1v) is 8.05. The van der Waals surface area contributed by atoms with Crippen molar-refractivity contribution in [1.29, 1.82) is 0 Å². The van der Waals surface area contributed by atoms with Gasteiger partial charge in [-0.05, 0) is 32.6 Å². The second kappa shape index (κ2) is 14.3. The van der Waals surface area contributed by atoms with Crippen LogP contribution >= 0.6 is 0 Å². The smallest absolute Gasteiger partial charge is 0.222 e. The third-order valence-corrected chi connectivity index (χ3v) is 2.74. The predicted octanol–water partition coefficient (Wildman–Crippen LogP) is 2.39. The quantitative estimate of drug-likeness (QED) is 0.501. The van der Waals surface area contributed by atoms with Gasteiger partial charge in [0.25, 0.3) is 0 Å². The van der Waals surface area contributed by atoms with Crippen LogP contribution in [0.25, 0.3) is 0 Å². The summed E-state index contributed by atoms with van der Waals surface area (Å²) < 4.78 is 16.2. The molecule has 5 heteroatoms. The zero-order valence-corrected chi connectivity index (χ0v) is 14.2. The molecule has 126 valence electrons. The van der Waals surface area contributed by atoms with Crippen molar-refractivity contribution in [2.24, 2.45) is 5.92 Å². The number of amides is 1. The zero-order chi connectivity index (χ0) is 15.9. The minimum absolute atomic E-state index is 0.0284. The molecule has 0 radical (unpaired) electrons. The Hall–Kier alpha value is -0.650. The number of carbonyl (C=O) groups is 1. The lowest BCUT2D eigenvalue weighted by Gasteiger charge is -2.09. The third kappa shape index (κ3) is 17.3. The van der Waals surface area contributed by atoms with Crippen molar-refractivity contribution in [3.8, 4) is 0 Å². The molecule has 0 unspecified atom stereocenters. The highest BCUT2D eigenvalue weighted by Gasteiger charge is 2.02. The lowest BCUT2D eigenvalue weighted by molar-refractivity contribution is -0.122. The van der Waals surface area contributed by atoms with Crippen molar-refractivity contribution in [2.75, 3.05) is 39.6 Å². The number of nitrogens with one attached hydrogen (secondary N) is 1. The highest BCUT2D eigenvalue weighted by Crippen LogP contribution is 2.02. The maximum atomic E-state index is 11.3. The summed E-state index contributed by atoms with van der Waals surface area (Å²) in [6.45, 7) is 11.9. The van der Waals surface area contributed by atoms with Crippen molar-refractivity contribution in [2.45, 2.75) is 53.0 Å². The van der Waals surface area contributed by atoms with E-state index in [1.54, 1.807) is 0 Å². The first-order valence-electron chi connectivity index (χ1n) is 8.05. The molecule has 0 aliphatic carbocycles. The summed E-state index contributed by atoms with van der Waals surface area (Å²) in [4.78, 5) is 11.3. The summed E-state index contributed by atoms with van der Waals surface area (Å²) in [6, 6.07) is 0.182. The van der Waals surface area contributed by atoms with Crippen molar-refractivity contribution in [3.05, 3.63) is 0 Å². The minimum Gasteiger partial charge on any atom is -0.379 e.